The number of fused-ring (bicyclic) bond motifs is 1. The molecule has 40 heavy (non-hydrogen) atoms. The molecule has 0 aliphatic heterocycles. The molecule has 3 rings (SSSR count). The molecule has 0 aliphatic carbocycles. The first-order valence-electron chi connectivity index (χ1n) is 13.3. The SMILES string of the molecule is CCc1cc2c(C(=O)NC)c(-c3ccc(F)cc3)oc2nc1CN(CCCC(C)(C)C(=O)OCC(C)C)S(=O)[O-]. The van der Waals surface area contributed by atoms with Crippen LogP contribution in [0.2, 0.25) is 0 Å². The first kappa shape index (κ1) is 31.4. The molecule has 0 radical (unpaired) electrons. The number of esters is 1. The highest BCUT2D eigenvalue weighted by atomic mass is 32.2. The van der Waals surface area contributed by atoms with Gasteiger partial charge in [0.05, 0.1) is 35.2 Å². The molecule has 0 aliphatic rings. The monoisotopic (exact) mass is 574 g/mol. The van der Waals surface area contributed by atoms with Gasteiger partial charge in [-0.2, -0.15) is 0 Å². The predicted octanol–water partition coefficient (Wildman–Crippen LogP) is 5.16. The number of aromatic nitrogens is 1. The van der Waals surface area contributed by atoms with Crippen molar-refractivity contribution in [3.63, 3.8) is 0 Å². The number of nitrogens with one attached hydrogen (secondary N) is 1. The maximum absolute atomic E-state index is 13.5. The third-order valence-electron chi connectivity index (χ3n) is 6.64. The van der Waals surface area contributed by atoms with Crippen molar-refractivity contribution in [2.24, 2.45) is 11.3 Å². The fourth-order valence-corrected chi connectivity index (χ4v) is 4.82. The number of furan rings is 1. The van der Waals surface area contributed by atoms with Crippen molar-refractivity contribution in [3.05, 3.63) is 53.0 Å². The molecule has 0 saturated heterocycles. The van der Waals surface area contributed by atoms with Crippen molar-refractivity contribution in [1.29, 1.82) is 0 Å². The van der Waals surface area contributed by atoms with Crippen molar-refractivity contribution in [3.8, 4) is 11.3 Å². The molecule has 0 fully saturated rings. The van der Waals surface area contributed by atoms with Gasteiger partial charge in [0, 0.05) is 30.4 Å². The Morgan fingerprint density at radius 3 is 2.50 bits per heavy atom. The van der Waals surface area contributed by atoms with E-state index in [-0.39, 0.29) is 47.9 Å². The van der Waals surface area contributed by atoms with E-state index in [1.54, 1.807) is 19.9 Å². The van der Waals surface area contributed by atoms with Gasteiger partial charge in [0.25, 0.3) is 5.91 Å². The number of hydrogen-bond donors (Lipinski definition) is 1. The molecule has 1 atom stereocenters. The number of carbonyl (C=O) groups excluding carboxylic acids is 2. The third kappa shape index (κ3) is 7.52. The van der Waals surface area contributed by atoms with Gasteiger partial charge in [0.2, 0.25) is 5.71 Å². The van der Waals surface area contributed by atoms with Crippen LogP contribution < -0.4 is 5.32 Å². The summed E-state index contributed by atoms with van der Waals surface area (Å²) in [4.78, 5) is 29.9. The molecule has 1 aromatic carbocycles. The van der Waals surface area contributed by atoms with Crippen LogP contribution in [0.15, 0.2) is 34.7 Å². The topological polar surface area (TPSA) is 125 Å². The minimum atomic E-state index is -2.54. The number of nitrogens with zero attached hydrogens (tertiary/aromatic N) is 2. The van der Waals surface area contributed by atoms with Crippen LogP contribution in [-0.4, -0.2) is 50.1 Å². The third-order valence-corrected chi connectivity index (χ3v) is 7.37. The molecule has 2 aromatic heterocycles. The van der Waals surface area contributed by atoms with Crippen LogP contribution in [0.3, 0.4) is 0 Å². The van der Waals surface area contributed by atoms with E-state index in [2.05, 4.69) is 10.3 Å². The average molecular weight is 575 g/mol. The van der Waals surface area contributed by atoms with E-state index in [9.17, 15) is 22.7 Å². The normalized spacial score (nSPS) is 12.8. The van der Waals surface area contributed by atoms with Crippen LogP contribution in [0.25, 0.3) is 22.4 Å². The molecular weight excluding hydrogens is 537 g/mol. The maximum atomic E-state index is 13.5. The molecule has 3 aromatic rings. The highest BCUT2D eigenvalue weighted by Gasteiger charge is 2.30. The fourth-order valence-electron chi connectivity index (χ4n) is 4.31. The summed E-state index contributed by atoms with van der Waals surface area (Å²) in [5.41, 5.74) is 1.46. The lowest BCUT2D eigenvalue weighted by Crippen LogP contribution is -2.31. The zero-order valence-corrected chi connectivity index (χ0v) is 24.7. The van der Waals surface area contributed by atoms with E-state index in [0.29, 0.717) is 42.5 Å². The number of carbonyl (C=O) groups is 2. The minimum absolute atomic E-state index is 0.00463. The molecule has 11 heteroatoms. The van der Waals surface area contributed by atoms with Crippen molar-refractivity contribution < 1.29 is 31.9 Å². The Labute approximate surface area is 236 Å². The van der Waals surface area contributed by atoms with Gasteiger partial charge in [0.1, 0.15) is 11.6 Å². The van der Waals surface area contributed by atoms with E-state index in [0.717, 1.165) is 5.56 Å². The zero-order chi connectivity index (χ0) is 29.6. The van der Waals surface area contributed by atoms with Crippen LogP contribution in [0, 0.1) is 17.2 Å². The van der Waals surface area contributed by atoms with Crippen LogP contribution in [0.5, 0.6) is 0 Å². The summed E-state index contributed by atoms with van der Waals surface area (Å²) in [6.45, 7) is 9.93. The Bertz CT molecular complexity index is 1370. The highest BCUT2D eigenvalue weighted by Crippen LogP contribution is 2.34. The second-order valence-corrected chi connectivity index (χ2v) is 11.7. The van der Waals surface area contributed by atoms with E-state index in [1.165, 1.54) is 35.6 Å². The van der Waals surface area contributed by atoms with Crippen LogP contribution >= 0.6 is 0 Å². The summed E-state index contributed by atoms with van der Waals surface area (Å²) in [6, 6.07) is 7.38. The van der Waals surface area contributed by atoms with Gasteiger partial charge in [-0.1, -0.05) is 20.8 Å². The first-order chi connectivity index (χ1) is 18.9. The average Bonchev–Trinajstić information content (AvgIpc) is 3.28. The van der Waals surface area contributed by atoms with Gasteiger partial charge in [-0.3, -0.25) is 13.8 Å². The number of aryl methyl sites for hydroxylation is 1. The maximum Gasteiger partial charge on any atom is 0.311 e. The lowest BCUT2D eigenvalue weighted by Gasteiger charge is -2.27. The Kier molecular flexibility index (Phi) is 10.6. The molecular formula is C29H37FN3O6S-. The molecule has 1 N–H and O–H groups in total. The highest BCUT2D eigenvalue weighted by molar-refractivity contribution is 7.76. The van der Waals surface area contributed by atoms with Crippen LogP contribution in [-0.2, 0) is 33.8 Å². The molecule has 9 nitrogen and oxygen atoms in total. The number of hydrogen-bond acceptors (Lipinski definition) is 7. The summed E-state index contributed by atoms with van der Waals surface area (Å²) in [7, 11) is 1.50. The Morgan fingerprint density at radius 2 is 1.93 bits per heavy atom. The Hall–Kier alpha value is -3.15. The number of ether oxygens (including phenoxy) is 1. The summed E-state index contributed by atoms with van der Waals surface area (Å²) in [5.74, 6) is -0.637. The summed E-state index contributed by atoms with van der Waals surface area (Å²) < 4.78 is 50.4. The van der Waals surface area contributed by atoms with Gasteiger partial charge in [-0.05, 0) is 74.9 Å². The van der Waals surface area contributed by atoms with E-state index in [1.807, 2.05) is 20.8 Å². The van der Waals surface area contributed by atoms with Crippen molar-refractivity contribution in [1.82, 2.24) is 14.6 Å². The first-order valence-corrected chi connectivity index (χ1v) is 14.4. The number of halogens is 1. The van der Waals surface area contributed by atoms with Gasteiger partial charge < -0.3 is 19.0 Å². The summed E-state index contributed by atoms with van der Waals surface area (Å²) in [6.07, 6.45) is 1.42. The van der Waals surface area contributed by atoms with Crippen molar-refractivity contribution in [2.45, 2.75) is 60.4 Å². The Balaban J connectivity index is 1.88. The number of rotatable bonds is 13. The van der Waals surface area contributed by atoms with Gasteiger partial charge in [0.15, 0.2) is 0 Å². The smallest absolute Gasteiger partial charge is 0.311 e. The second-order valence-electron chi connectivity index (χ2n) is 10.8. The molecule has 0 spiro atoms. The quantitative estimate of drug-likeness (QED) is 0.221. The number of benzene rings is 1. The lowest BCUT2D eigenvalue weighted by atomic mass is 9.88. The van der Waals surface area contributed by atoms with Crippen LogP contribution in [0.4, 0.5) is 4.39 Å². The minimum Gasteiger partial charge on any atom is -0.760 e. The van der Waals surface area contributed by atoms with Crippen LogP contribution in [0.1, 0.15) is 69.1 Å². The standard InChI is InChI=1S/C29H38FN3O6S/c1-7-19-15-22-24(26(34)31-6)25(20-9-11-21(30)12-10-20)39-27(22)32-23(19)16-33(40(36)37)14-8-13-29(4,5)28(35)38-17-18(2)3/h9-12,15,18H,7-8,13-14,16-17H2,1-6H3,(H,31,34)(H,36,37)/p-1. The van der Waals surface area contributed by atoms with E-state index in [4.69, 9.17) is 9.15 Å². The predicted molar refractivity (Wildman–Crippen MR) is 150 cm³/mol. The Morgan fingerprint density at radius 1 is 1.25 bits per heavy atom. The van der Waals surface area contributed by atoms with E-state index >= 15 is 0 Å². The largest absolute Gasteiger partial charge is 0.760 e. The zero-order valence-electron chi connectivity index (χ0n) is 23.8. The van der Waals surface area contributed by atoms with Gasteiger partial charge in [-0.25, -0.2) is 13.7 Å². The number of pyridine rings is 1. The molecule has 0 bridgehead atoms. The second kappa shape index (κ2) is 13.5. The molecule has 1 unspecified atom stereocenters. The van der Waals surface area contributed by atoms with Gasteiger partial charge >= 0.3 is 5.97 Å². The molecule has 2 heterocycles. The fraction of sp³-hybridized carbons (Fsp3) is 0.483. The number of amides is 1. The molecule has 1 amide bonds. The molecule has 218 valence electrons. The van der Waals surface area contributed by atoms with E-state index < -0.39 is 22.5 Å². The summed E-state index contributed by atoms with van der Waals surface area (Å²) in [5, 5.41) is 3.10. The van der Waals surface area contributed by atoms with Crippen molar-refractivity contribution in [2.75, 3.05) is 20.2 Å². The molecule has 0 saturated carbocycles. The summed E-state index contributed by atoms with van der Waals surface area (Å²) >= 11 is -2.54. The lowest BCUT2D eigenvalue weighted by molar-refractivity contribution is -0.155. The van der Waals surface area contributed by atoms with Gasteiger partial charge in [-0.15, -0.1) is 0 Å². The van der Waals surface area contributed by atoms with Crippen molar-refractivity contribution >= 4 is 34.2 Å².